The Balaban J connectivity index is 1.31. The summed E-state index contributed by atoms with van der Waals surface area (Å²) < 4.78 is 12.3. The second-order valence-electron chi connectivity index (χ2n) is 5.72. The van der Waals surface area contributed by atoms with Crippen LogP contribution in [0, 0.1) is 6.92 Å². The van der Waals surface area contributed by atoms with Crippen molar-refractivity contribution in [3.63, 3.8) is 0 Å². The van der Waals surface area contributed by atoms with Crippen LogP contribution in [0.2, 0.25) is 0 Å². The van der Waals surface area contributed by atoms with Crippen molar-refractivity contribution in [1.29, 1.82) is 0 Å². The van der Waals surface area contributed by atoms with Crippen LogP contribution in [-0.4, -0.2) is 26.8 Å². The highest BCUT2D eigenvalue weighted by molar-refractivity contribution is 8.01. The molecule has 0 spiro atoms. The predicted molar refractivity (Wildman–Crippen MR) is 105 cm³/mol. The van der Waals surface area contributed by atoms with Crippen molar-refractivity contribution < 1.29 is 14.1 Å². The number of benzene rings is 2. The first-order valence-corrected chi connectivity index (χ1v) is 10.0. The number of carbonyl (C=O) groups is 1. The number of hydrogen-bond acceptors (Lipinski definition) is 8. The Bertz CT molecular complexity index is 1060. The molecule has 0 fully saturated rings. The molecular weight excluding hydrogens is 382 g/mol. The normalized spacial score (nSPS) is 11.0. The van der Waals surface area contributed by atoms with E-state index in [1.54, 1.807) is 11.3 Å². The Kier molecular flexibility index (Phi) is 5.17. The standard InChI is InChI=1S/C19H15N3O3S2/c1-12-6-2-3-7-13(12)18-21-16(25-22-18)10-24-17(23)11-26-19-20-14-8-4-5-9-15(14)27-19/h2-9H,10-11H2,1H3. The van der Waals surface area contributed by atoms with Gasteiger partial charge in [-0.05, 0) is 24.6 Å². The summed E-state index contributed by atoms with van der Waals surface area (Å²) in [5, 5.41) is 3.95. The lowest BCUT2D eigenvalue weighted by Gasteiger charge is -2.00. The van der Waals surface area contributed by atoms with Gasteiger partial charge in [0.2, 0.25) is 5.82 Å². The van der Waals surface area contributed by atoms with Crippen molar-refractivity contribution in [3.8, 4) is 11.4 Å². The maximum Gasteiger partial charge on any atom is 0.316 e. The van der Waals surface area contributed by atoms with Gasteiger partial charge in [-0.3, -0.25) is 4.79 Å². The number of aryl methyl sites for hydroxylation is 1. The number of rotatable bonds is 6. The molecule has 136 valence electrons. The summed E-state index contributed by atoms with van der Waals surface area (Å²) in [6, 6.07) is 15.6. The van der Waals surface area contributed by atoms with Gasteiger partial charge in [-0.15, -0.1) is 11.3 Å². The lowest BCUT2D eigenvalue weighted by molar-refractivity contribution is -0.142. The molecule has 4 aromatic rings. The maximum absolute atomic E-state index is 12.0. The third-order valence-corrected chi connectivity index (χ3v) is 5.95. The van der Waals surface area contributed by atoms with Gasteiger partial charge < -0.3 is 9.26 Å². The summed E-state index contributed by atoms with van der Waals surface area (Å²) >= 11 is 2.92. The third kappa shape index (κ3) is 4.17. The zero-order valence-electron chi connectivity index (χ0n) is 14.4. The minimum Gasteiger partial charge on any atom is -0.455 e. The van der Waals surface area contributed by atoms with Gasteiger partial charge >= 0.3 is 5.97 Å². The van der Waals surface area contributed by atoms with Crippen LogP contribution >= 0.6 is 23.1 Å². The molecule has 0 radical (unpaired) electrons. The van der Waals surface area contributed by atoms with Gasteiger partial charge in [0.1, 0.15) is 0 Å². The van der Waals surface area contributed by atoms with Crippen molar-refractivity contribution in [2.24, 2.45) is 0 Å². The van der Waals surface area contributed by atoms with Crippen LogP contribution in [0.1, 0.15) is 11.5 Å². The first kappa shape index (κ1) is 17.7. The summed E-state index contributed by atoms with van der Waals surface area (Å²) in [7, 11) is 0. The summed E-state index contributed by atoms with van der Waals surface area (Å²) in [4.78, 5) is 20.7. The zero-order valence-corrected chi connectivity index (χ0v) is 16.0. The number of nitrogens with zero attached hydrogens (tertiary/aromatic N) is 3. The Hall–Kier alpha value is -2.71. The van der Waals surface area contributed by atoms with Gasteiger partial charge in [-0.1, -0.05) is 53.3 Å². The molecule has 0 aliphatic rings. The summed E-state index contributed by atoms with van der Waals surface area (Å²) in [6.07, 6.45) is 0. The Labute approximate surface area is 163 Å². The molecule has 2 aromatic heterocycles. The number of thioether (sulfide) groups is 1. The van der Waals surface area contributed by atoms with E-state index in [0.717, 1.165) is 25.7 Å². The molecule has 0 aliphatic heterocycles. The Morgan fingerprint density at radius 1 is 1.15 bits per heavy atom. The van der Waals surface area contributed by atoms with Gasteiger partial charge in [0.15, 0.2) is 10.9 Å². The summed E-state index contributed by atoms with van der Waals surface area (Å²) in [5.41, 5.74) is 2.88. The number of aromatic nitrogens is 3. The van der Waals surface area contributed by atoms with Crippen LogP contribution in [-0.2, 0) is 16.1 Å². The fraction of sp³-hybridized carbons (Fsp3) is 0.158. The van der Waals surface area contributed by atoms with Crippen molar-refractivity contribution in [2.45, 2.75) is 17.9 Å². The van der Waals surface area contributed by atoms with Crippen LogP contribution in [0.15, 0.2) is 57.4 Å². The number of ether oxygens (including phenoxy) is 1. The van der Waals surface area contributed by atoms with Crippen LogP contribution in [0.4, 0.5) is 0 Å². The van der Waals surface area contributed by atoms with E-state index < -0.39 is 0 Å². The van der Waals surface area contributed by atoms with Crippen LogP contribution in [0.25, 0.3) is 21.6 Å². The van der Waals surface area contributed by atoms with Gasteiger partial charge in [0, 0.05) is 5.56 Å². The van der Waals surface area contributed by atoms with E-state index in [2.05, 4.69) is 15.1 Å². The summed E-state index contributed by atoms with van der Waals surface area (Å²) in [6.45, 7) is 1.93. The van der Waals surface area contributed by atoms with E-state index in [1.165, 1.54) is 11.8 Å². The van der Waals surface area contributed by atoms with Gasteiger partial charge in [0.05, 0.1) is 16.0 Å². The molecule has 0 amide bonds. The number of esters is 1. The van der Waals surface area contributed by atoms with Gasteiger partial charge in [-0.25, -0.2) is 4.98 Å². The van der Waals surface area contributed by atoms with Crippen molar-refractivity contribution in [2.75, 3.05) is 5.75 Å². The maximum atomic E-state index is 12.0. The summed E-state index contributed by atoms with van der Waals surface area (Å²) in [5.74, 6) is 0.586. The molecule has 2 heterocycles. The second kappa shape index (κ2) is 7.89. The van der Waals surface area contributed by atoms with Crippen LogP contribution in [0.5, 0.6) is 0 Å². The van der Waals surface area contributed by atoms with E-state index in [0.29, 0.717) is 5.82 Å². The fourth-order valence-corrected chi connectivity index (χ4v) is 4.33. The van der Waals surface area contributed by atoms with E-state index in [1.807, 2.05) is 55.5 Å². The smallest absolute Gasteiger partial charge is 0.316 e. The van der Waals surface area contributed by atoms with Gasteiger partial charge in [0.25, 0.3) is 5.89 Å². The molecule has 27 heavy (non-hydrogen) atoms. The molecule has 0 N–H and O–H groups in total. The van der Waals surface area contributed by atoms with Crippen molar-refractivity contribution in [3.05, 3.63) is 60.0 Å². The quantitative estimate of drug-likeness (QED) is 0.350. The molecule has 0 bridgehead atoms. The lowest BCUT2D eigenvalue weighted by Crippen LogP contribution is -2.07. The average molecular weight is 397 g/mol. The Morgan fingerprint density at radius 2 is 1.96 bits per heavy atom. The molecule has 0 unspecified atom stereocenters. The Morgan fingerprint density at radius 3 is 2.81 bits per heavy atom. The largest absolute Gasteiger partial charge is 0.455 e. The van der Waals surface area contributed by atoms with Crippen LogP contribution in [0.3, 0.4) is 0 Å². The van der Waals surface area contributed by atoms with Crippen molar-refractivity contribution in [1.82, 2.24) is 15.1 Å². The first-order valence-electron chi connectivity index (χ1n) is 8.21. The molecule has 6 nitrogen and oxygen atoms in total. The monoisotopic (exact) mass is 397 g/mol. The van der Waals surface area contributed by atoms with Crippen LogP contribution < -0.4 is 0 Å². The molecule has 0 aliphatic carbocycles. The highest BCUT2D eigenvalue weighted by Gasteiger charge is 2.13. The minimum absolute atomic E-state index is 0.0435. The molecule has 0 saturated carbocycles. The van der Waals surface area contributed by atoms with E-state index in [-0.39, 0.29) is 24.2 Å². The predicted octanol–water partition coefficient (Wildman–Crippen LogP) is 4.49. The number of carbonyl (C=O) groups excluding carboxylic acids is 1. The molecule has 0 saturated heterocycles. The molecular formula is C19H15N3O3S2. The number of para-hydroxylation sites is 1. The number of thiazole rings is 1. The first-order chi connectivity index (χ1) is 13.2. The highest BCUT2D eigenvalue weighted by atomic mass is 32.2. The minimum atomic E-state index is -0.352. The number of hydrogen-bond donors (Lipinski definition) is 0. The van der Waals surface area contributed by atoms with E-state index in [4.69, 9.17) is 9.26 Å². The topological polar surface area (TPSA) is 78.1 Å². The zero-order chi connectivity index (χ0) is 18.6. The lowest BCUT2D eigenvalue weighted by atomic mass is 10.1. The fourth-order valence-electron chi connectivity index (χ4n) is 2.46. The molecule has 0 atom stereocenters. The van der Waals surface area contributed by atoms with E-state index in [9.17, 15) is 4.79 Å². The highest BCUT2D eigenvalue weighted by Crippen LogP contribution is 2.29. The third-order valence-electron chi connectivity index (χ3n) is 3.80. The SMILES string of the molecule is Cc1ccccc1-c1noc(COC(=O)CSc2nc3ccccc3s2)n1. The second-order valence-corrected chi connectivity index (χ2v) is 7.98. The number of fused-ring (bicyclic) bond motifs is 1. The van der Waals surface area contributed by atoms with Crippen molar-refractivity contribution >= 4 is 39.3 Å². The molecule has 2 aromatic carbocycles. The van der Waals surface area contributed by atoms with E-state index >= 15 is 0 Å². The average Bonchev–Trinajstić information content (AvgIpc) is 3.31. The van der Waals surface area contributed by atoms with Gasteiger partial charge in [-0.2, -0.15) is 4.98 Å². The molecule has 4 rings (SSSR count). The molecule has 8 heteroatoms.